The maximum absolute atomic E-state index is 12.8. The molecule has 0 unspecified atom stereocenters. The van der Waals surface area contributed by atoms with Crippen molar-refractivity contribution in [2.75, 3.05) is 13.6 Å². The summed E-state index contributed by atoms with van der Waals surface area (Å²) in [5.74, 6) is 0.575. The lowest BCUT2D eigenvalue weighted by Gasteiger charge is -2.02. The highest BCUT2D eigenvalue weighted by molar-refractivity contribution is 5.61. The highest BCUT2D eigenvalue weighted by Gasteiger charge is 2.00. The molecule has 0 amide bonds. The Labute approximate surface area is 99.7 Å². The molecule has 0 bridgehead atoms. The van der Waals surface area contributed by atoms with Crippen molar-refractivity contribution in [3.63, 3.8) is 0 Å². The summed E-state index contributed by atoms with van der Waals surface area (Å²) >= 11 is 0. The quantitative estimate of drug-likeness (QED) is 0.875. The number of aromatic nitrogens is 2. The Kier molecular flexibility index (Phi) is 3.77. The van der Waals surface area contributed by atoms with Crippen molar-refractivity contribution >= 4 is 0 Å². The second kappa shape index (κ2) is 5.50. The van der Waals surface area contributed by atoms with E-state index in [4.69, 9.17) is 0 Å². The molecule has 17 heavy (non-hydrogen) atoms. The fraction of sp³-hybridized carbons (Fsp3) is 0.231. The van der Waals surface area contributed by atoms with E-state index < -0.39 is 0 Å². The van der Waals surface area contributed by atoms with Crippen molar-refractivity contribution in [1.82, 2.24) is 15.3 Å². The monoisotopic (exact) mass is 231 g/mol. The van der Waals surface area contributed by atoms with Crippen LogP contribution in [0.5, 0.6) is 0 Å². The third-order valence-electron chi connectivity index (χ3n) is 2.48. The molecule has 0 aliphatic heterocycles. The Bertz CT molecular complexity index is 465. The minimum atomic E-state index is -0.236. The van der Waals surface area contributed by atoms with Crippen molar-refractivity contribution in [3.05, 3.63) is 48.3 Å². The average Bonchev–Trinajstić information content (AvgIpc) is 2.38. The Hall–Kier alpha value is -1.81. The van der Waals surface area contributed by atoms with Crippen LogP contribution in [-0.4, -0.2) is 23.6 Å². The topological polar surface area (TPSA) is 37.8 Å². The van der Waals surface area contributed by atoms with Crippen molar-refractivity contribution in [2.45, 2.75) is 6.42 Å². The zero-order valence-electron chi connectivity index (χ0n) is 9.65. The average molecular weight is 231 g/mol. The van der Waals surface area contributed by atoms with Crippen LogP contribution in [0.2, 0.25) is 0 Å². The van der Waals surface area contributed by atoms with Gasteiger partial charge in [0.2, 0.25) is 0 Å². The van der Waals surface area contributed by atoms with E-state index in [0.717, 1.165) is 29.9 Å². The van der Waals surface area contributed by atoms with E-state index >= 15 is 0 Å². The van der Waals surface area contributed by atoms with Gasteiger partial charge in [-0.15, -0.1) is 0 Å². The van der Waals surface area contributed by atoms with E-state index in [1.807, 2.05) is 7.05 Å². The maximum atomic E-state index is 12.8. The molecule has 0 aliphatic rings. The predicted octanol–water partition coefficient (Wildman–Crippen LogP) is 2.04. The molecule has 4 heteroatoms. The molecular weight excluding hydrogens is 217 g/mol. The summed E-state index contributed by atoms with van der Waals surface area (Å²) in [6.07, 6.45) is 4.34. The number of nitrogens with one attached hydrogen (secondary N) is 1. The van der Waals surface area contributed by atoms with Crippen LogP contribution < -0.4 is 5.32 Å². The van der Waals surface area contributed by atoms with Gasteiger partial charge in [-0.2, -0.15) is 0 Å². The van der Waals surface area contributed by atoms with Crippen LogP contribution in [0.4, 0.5) is 4.39 Å². The number of rotatable bonds is 4. The lowest BCUT2D eigenvalue weighted by molar-refractivity contribution is 0.628. The molecule has 0 atom stereocenters. The van der Waals surface area contributed by atoms with Crippen molar-refractivity contribution in [3.8, 4) is 11.1 Å². The number of halogens is 1. The van der Waals surface area contributed by atoms with Gasteiger partial charge in [-0.25, -0.2) is 14.4 Å². The second-order valence-corrected chi connectivity index (χ2v) is 3.75. The zero-order chi connectivity index (χ0) is 12.1. The number of nitrogens with zero attached hydrogens (tertiary/aromatic N) is 2. The van der Waals surface area contributed by atoms with E-state index in [2.05, 4.69) is 15.3 Å². The van der Waals surface area contributed by atoms with E-state index in [1.54, 1.807) is 24.5 Å². The fourth-order valence-corrected chi connectivity index (χ4v) is 1.51. The largest absolute Gasteiger partial charge is 0.319 e. The maximum Gasteiger partial charge on any atom is 0.129 e. The first-order valence-corrected chi connectivity index (χ1v) is 5.51. The first-order chi connectivity index (χ1) is 8.29. The van der Waals surface area contributed by atoms with E-state index in [-0.39, 0.29) is 5.82 Å². The minimum absolute atomic E-state index is 0.236. The Morgan fingerprint density at radius 2 is 1.71 bits per heavy atom. The number of hydrogen-bond acceptors (Lipinski definition) is 3. The van der Waals surface area contributed by atoms with Crippen LogP contribution in [-0.2, 0) is 6.42 Å². The van der Waals surface area contributed by atoms with Gasteiger partial charge in [0, 0.05) is 30.9 Å². The van der Waals surface area contributed by atoms with Gasteiger partial charge in [0.25, 0.3) is 0 Å². The van der Waals surface area contributed by atoms with Gasteiger partial charge in [-0.1, -0.05) is 12.1 Å². The second-order valence-electron chi connectivity index (χ2n) is 3.75. The van der Waals surface area contributed by atoms with Gasteiger partial charge in [0.1, 0.15) is 11.6 Å². The highest BCUT2D eigenvalue weighted by Crippen LogP contribution is 2.17. The fourth-order valence-electron chi connectivity index (χ4n) is 1.51. The van der Waals surface area contributed by atoms with Gasteiger partial charge >= 0.3 is 0 Å². The van der Waals surface area contributed by atoms with Crippen LogP contribution in [0, 0.1) is 5.82 Å². The summed E-state index contributed by atoms with van der Waals surface area (Å²) in [5, 5.41) is 3.05. The molecule has 88 valence electrons. The summed E-state index contributed by atoms with van der Waals surface area (Å²) < 4.78 is 12.8. The molecule has 0 aliphatic carbocycles. The normalized spacial score (nSPS) is 10.5. The lowest BCUT2D eigenvalue weighted by Crippen LogP contribution is -2.12. The first-order valence-electron chi connectivity index (χ1n) is 5.51. The Balaban J connectivity index is 2.14. The minimum Gasteiger partial charge on any atom is -0.319 e. The third-order valence-corrected chi connectivity index (χ3v) is 2.48. The lowest BCUT2D eigenvalue weighted by atomic mass is 10.1. The summed E-state index contributed by atoms with van der Waals surface area (Å²) in [6.45, 7) is 0.857. The molecule has 1 heterocycles. The SMILES string of the molecule is CNCCc1ncc(-c2ccc(F)cc2)cn1. The molecular formula is C13H14FN3. The van der Waals surface area contributed by atoms with E-state index in [1.165, 1.54) is 12.1 Å². The molecule has 0 saturated carbocycles. The molecule has 3 nitrogen and oxygen atoms in total. The van der Waals surface area contributed by atoms with Gasteiger partial charge in [-0.3, -0.25) is 0 Å². The van der Waals surface area contributed by atoms with Crippen molar-refractivity contribution in [1.29, 1.82) is 0 Å². The molecule has 0 spiro atoms. The van der Waals surface area contributed by atoms with Crippen molar-refractivity contribution < 1.29 is 4.39 Å². The van der Waals surface area contributed by atoms with E-state index in [0.29, 0.717) is 0 Å². The summed E-state index contributed by atoms with van der Waals surface area (Å²) in [6, 6.07) is 6.32. The summed E-state index contributed by atoms with van der Waals surface area (Å²) in [7, 11) is 1.90. The number of benzene rings is 1. The van der Waals surface area contributed by atoms with Crippen LogP contribution in [0.1, 0.15) is 5.82 Å². The Morgan fingerprint density at radius 3 is 2.29 bits per heavy atom. The predicted molar refractivity (Wildman–Crippen MR) is 65.1 cm³/mol. The van der Waals surface area contributed by atoms with Crippen molar-refractivity contribution in [2.24, 2.45) is 0 Å². The highest BCUT2D eigenvalue weighted by atomic mass is 19.1. The number of hydrogen-bond donors (Lipinski definition) is 1. The Morgan fingerprint density at radius 1 is 1.06 bits per heavy atom. The molecule has 0 radical (unpaired) electrons. The molecule has 1 aromatic carbocycles. The van der Waals surface area contributed by atoms with Gasteiger partial charge in [0.15, 0.2) is 0 Å². The molecule has 2 aromatic rings. The smallest absolute Gasteiger partial charge is 0.129 e. The third kappa shape index (κ3) is 3.07. The van der Waals surface area contributed by atoms with Crippen LogP contribution >= 0.6 is 0 Å². The number of likely N-dealkylation sites (N-methyl/N-ethyl adjacent to an activating group) is 1. The van der Waals surface area contributed by atoms with E-state index in [9.17, 15) is 4.39 Å². The first kappa shape index (κ1) is 11.7. The molecule has 1 aromatic heterocycles. The van der Waals surface area contributed by atoms with Gasteiger partial charge in [-0.05, 0) is 24.7 Å². The molecule has 2 rings (SSSR count). The molecule has 1 N–H and O–H groups in total. The summed E-state index contributed by atoms with van der Waals surface area (Å²) in [4.78, 5) is 8.54. The molecule has 0 saturated heterocycles. The van der Waals surface area contributed by atoms with Gasteiger partial charge in [0.05, 0.1) is 0 Å². The molecule has 0 fully saturated rings. The van der Waals surface area contributed by atoms with Crippen LogP contribution in [0.3, 0.4) is 0 Å². The van der Waals surface area contributed by atoms with Crippen LogP contribution in [0.25, 0.3) is 11.1 Å². The van der Waals surface area contributed by atoms with Gasteiger partial charge < -0.3 is 5.32 Å². The standard InChI is InChI=1S/C13H14FN3/c1-15-7-6-13-16-8-11(9-17-13)10-2-4-12(14)5-3-10/h2-5,8-9,15H,6-7H2,1H3. The summed E-state index contributed by atoms with van der Waals surface area (Å²) in [5.41, 5.74) is 1.82. The zero-order valence-corrected chi connectivity index (χ0v) is 9.65. The van der Waals surface area contributed by atoms with Crippen LogP contribution in [0.15, 0.2) is 36.7 Å².